The van der Waals surface area contributed by atoms with Crippen LogP contribution in [0.25, 0.3) is 11.0 Å². The van der Waals surface area contributed by atoms with E-state index in [0.717, 1.165) is 32.7 Å². The summed E-state index contributed by atoms with van der Waals surface area (Å²) in [7, 11) is 4.01. The van der Waals surface area contributed by atoms with E-state index >= 15 is 0 Å². The number of benzene rings is 1. The number of hydrogen-bond acceptors (Lipinski definition) is 8. The lowest BCUT2D eigenvalue weighted by atomic mass is 9.84. The molecule has 0 spiro atoms. The summed E-state index contributed by atoms with van der Waals surface area (Å²) in [5, 5.41) is 33.1. The fourth-order valence-corrected chi connectivity index (χ4v) is 4.71. The van der Waals surface area contributed by atoms with Crippen molar-refractivity contribution in [3.05, 3.63) is 33.2 Å². The van der Waals surface area contributed by atoms with E-state index in [0.29, 0.717) is 36.4 Å². The van der Waals surface area contributed by atoms with E-state index in [-0.39, 0.29) is 33.8 Å². The second-order valence-corrected chi connectivity index (χ2v) is 8.82. The number of nitrogens with zero attached hydrogens (tertiary/aromatic N) is 3. The average Bonchev–Trinajstić information content (AvgIpc) is 2.67. The second-order valence-electron chi connectivity index (χ2n) is 8.82. The fraction of sp³-hybridized carbons (Fsp3) is 0.591. The summed E-state index contributed by atoms with van der Waals surface area (Å²) < 4.78 is 5.86. The molecule has 164 valence electrons. The SMILES string of the molecule is Cc1cc(=O)c2c(O)c(CN3CCN(C)CC3)c(O)c([C@H]3CCN(C)C[C@H]3O)c2o1. The number of fused-ring (bicyclic) bond motifs is 1. The number of aryl methyl sites for hydroxylation is 1. The molecule has 8 nitrogen and oxygen atoms in total. The Hall–Kier alpha value is -2.13. The number of β-amino-alcohol motifs (C(OH)–C–C–N with tert-alkyl or cyclic N) is 1. The Labute approximate surface area is 175 Å². The molecule has 0 radical (unpaired) electrons. The summed E-state index contributed by atoms with van der Waals surface area (Å²) in [6, 6.07) is 1.35. The monoisotopic (exact) mass is 417 g/mol. The third-order valence-corrected chi connectivity index (χ3v) is 6.51. The van der Waals surface area contributed by atoms with Crippen LogP contribution in [0.4, 0.5) is 0 Å². The quantitative estimate of drug-likeness (QED) is 0.681. The van der Waals surface area contributed by atoms with Crippen LogP contribution in [0.3, 0.4) is 0 Å². The van der Waals surface area contributed by atoms with E-state index in [1.165, 1.54) is 6.07 Å². The number of aliphatic hydroxyl groups is 1. The predicted molar refractivity (Wildman–Crippen MR) is 114 cm³/mol. The number of piperidine rings is 1. The molecule has 2 aromatic rings. The van der Waals surface area contributed by atoms with E-state index in [4.69, 9.17) is 4.42 Å². The van der Waals surface area contributed by atoms with Crippen molar-refractivity contribution >= 4 is 11.0 Å². The highest BCUT2D eigenvalue weighted by molar-refractivity contribution is 5.90. The lowest BCUT2D eigenvalue weighted by Crippen LogP contribution is -2.44. The molecule has 2 fully saturated rings. The van der Waals surface area contributed by atoms with Gasteiger partial charge in [-0.1, -0.05) is 0 Å². The molecule has 2 aliphatic heterocycles. The number of aliphatic hydroxyl groups excluding tert-OH is 1. The Morgan fingerprint density at radius 3 is 2.43 bits per heavy atom. The molecule has 0 unspecified atom stereocenters. The molecule has 0 saturated carbocycles. The summed E-state index contributed by atoms with van der Waals surface area (Å²) in [4.78, 5) is 19.2. The first-order valence-electron chi connectivity index (χ1n) is 10.5. The zero-order chi connectivity index (χ0) is 21.6. The predicted octanol–water partition coefficient (Wildman–Crippen LogP) is 1.04. The normalized spacial score (nSPS) is 24.5. The minimum absolute atomic E-state index is 0.0683. The molecule has 2 aliphatic rings. The molecule has 0 aliphatic carbocycles. The third-order valence-electron chi connectivity index (χ3n) is 6.51. The van der Waals surface area contributed by atoms with Crippen LogP contribution in [0, 0.1) is 6.92 Å². The van der Waals surface area contributed by atoms with Crippen LogP contribution in [0.2, 0.25) is 0 Å². The van der Waals surface area contributed by atoms with Gasteiger partial charge in [0, 0.05) is 56.8 Å². The van der Waals surface area contributed by atoms with Gasteiger partial charge in [0.05, 0.1) is 11.7 Å². The van der Waals surface area contributed by atoms with E-state index in [1.807, 2.05) is 11.9 Å². The van der Waals surface area contributed by atoms with Crippen molar-refractivity contribution in [3.8, 4) is 11.5 Å². The van der Waals surface area contributed by atoms with Crippen molar-refractivity contribution in [1.82, 2.24) is 14.7 Å². The van der Waals surface area contributed by atoms with E-state index in [1.54, 1.807) is 6.92 Å². The molecular weight excluding hydrogens is 386 g/mol. The van der Waals surface area contributed by atoms with Crippen LogP contribution in [0.1, 0.15) is 29.2 Å². The van der Waals surface area contributed by atoms with Crippen LogP contribution in [-0.4, -0.2) is 89.5 Å². The number of rotatable bonds is 3. The van der Waals surface area contributed by atoms with Crippen molar-refractivity contribution in [2.24, 2.45) is 0 Å². The molecule has 30 heavy (non-hydrogen) atoms. The van der Waals surface area contributed by atoms with Crippen LogP contribution < -0.4 is 5.43 Å². The van der Waals surface area contributed by atoms with Crippen LogP contribution in [0.5, 0.6) is 11.5 Å². The van der Waals surface area contributed by atoms with Gasteiger partial charge in [0.1, 0.15) is 28.2 Å². The van der Waals surface area contributed by atoms with Crippen LogP contribution >= 0.6 is 0 Å². The molecule has 3 N–H and O–H groups in total. The third kappa shape index (κ3) is 3.80. The van der Waals surface area contributed by atoms with Gasteiger partial charge in [-0.15, -0.1) is 0 Å². The van der Waals surface area contributed by atoms with Crippen LogP contribution in [-0.2, 0) is 6.54 Å². The number of aromatic hydroxyl groups is 2. The Morgan fingerprint density at radius 2 is 1.77 bits per heavy atom. The lowest BCUT2D eigenvalue weighted by Gasteiger charge is -2.35. The molecule has 8 heteroatoms. The van der Waals surface area contributed by atoms with Gasteiger partial charge >= 0.3 is 0 Å². The molecule has 0 bridgehead atoms. The first kappa shape index (κ1) is 21.1. The van der Waals surface area contributed by atoms with Gasteiger partial charge in [0.15, 0.2) is 5.43 Å². The van der Waals surface area contributed by atoms with Crippen molar-refractivity contribution in [3.63, 3.8) is 0 Å². The van der Waals surface area contributed by atoms with Crippen LogP contribution in [0.15, 0.2) is 15.3 Å². The number of phenols is 2. The Bertz CT molecular complexity index is 997. The maximum absolute atomic E-state index is 12.8. The summed E-state index contributed by atoms with van der Waals surface area (Å²) in [5.74, 6) is -0.259. The summed E-state index contributed by atoms with van der Waals surface area (Å²) in [5.41, 5.74) is 0.623. The molecule has 1 aromatic carbocycles. The van der Waals surface area contributed by atoms with Gasteiger partial charge in [-0.25, -0.2) is 0 Å². The number of phenolic OH excluding ortho intramolecular Hbond substituents is 2. The van der Waals surface area contributed by atoms with Gasteiger partial charge in [-0.2, -0.15) is 0 Å². The van der Waals surface area contributed by atoms with Crippen molar-refractivity contribution < 1.29 is 19.7 Å². The standard InChI is InChI=1S/C22H31N3O5/c1-13-10-16(26)19-21(29)15(11-25-8-6-23(2)7-9-25)20(28)18(22(19)30-13)14-4-5-24(3)12-17(14)27/h10,14,17,27-29H,4-9,11-12H2,1-3H3/t14-,17+/m0/s1. The topological polar surface area (TPSA) is 101 Å². The Balaban J connectivity index is 1.87. The van der Waals surface area contributed by atoms with Crippen molar-refractivity contribution in [1.29, 1.82) is 0 Å². The van der Waals surface area contributed by atoms with Gasteiger partial charge in [-0.3, -0.25) is 9.69 Å². The highest BCUT2D eigenvalue weighted by atomic mass is 16.3. The van der Waals surface area contributed by atoms with Gasteiger partial charge in [0.25, 0.3) is 0 Å². The van der Waals surface area contributed by atoms with Crippen molar-refractivity contribution in [2.45, 2.75) is 31.9 Å². The van der Waals surface area contributed by atoms with E-state index in [9.17, 15) is 20.1 Å². The average molecular weight is 418 g/mol. The molecule has 0 amide bonds. The number of likely N-dealkylation sites (N-methyl/N-ethyl adjacent to an activating group) is 2. The summed E-state index contributed by atoms with van der Waals surface area (Å²) in [6.07, 6.45) is -0.0823. The molecule has 2 atom stereocenters. The smallest absolute Gasteiger partial charge is 0.196 e. The lowest BCUT2D eigenvalue weighted by molar-refractivity contribution is 0.0629. The molecule has 3 heterocycles. The first-order chi connectivity index (χ1) is 14.3. The molecular formula is C22H31N3O5. The fourth-order valence-electron chi connectivity index (χ4n) is 4.71. The highest BCUT2D eigenvalue weighted by Crippen LogP contribution is 2.45. The largest absolute Gasteiger partial charge is 0.507 e. The van der Waals surface area contributed by atoms with Gasteiger partial charge in [-0.05, 0) is 34.0 Å². The van der Waals surface area contributed by atoms with Gasteiger partial charge < -0.3 is 29.5 Å². The number of hydrogen-bond donors (Lipinski definition) is 3. The van der Waals surface area contributed by atoms with Gasteiger partial charge in [0.2, 0.25) is 0 Å². The maximum atomic E-state index is 12.8. The Morgan fingerprint density at radius 1 is 1.07 bits per heavy atom. The maximum Gasteiger partial charge on any atom is 0.196 e. The summed E-state index contributed by atoms with van der Waals surface area (Å²) in [6.45, 7) is 6.65. The molecule has 4 rings (SSSR count). The minimum Gasteiger partial charge on any atom is -0.507 e. The van der Waals surface area contributed by atoms with E-state index in [2.05, 4.69) is 16.8 Å². The molecule has 1 aromatic heterocycles. The second kappa shape index (κ2) is 8.19. The highest BCUT2D eigenvalue weighted by Gasteiger charge is 2.35. The first-order valence-corrected chi connectivity index (χ1v) is 10.5. The minimum atomic E-state index is -0.704. The summed E-state index contributed by atoms with van der Waals surface area (Å²) >= 11 is 0. The zero-order valence-corrected chi connectivity index (χ0v) is 17.9. The zero-order valence-electron chi connectivity index (χ0n) is 17.9. The van der Waals surface area contributed by atoms with E-state index < -0.39 is 6.10 Å². The number of likely N-dealkylation sites (tertiary alicyclic amines) is 1. The van der Waals surface area contributed by atoms with Crippen molar-refractivity contribution in [2.75, 3.05) is 53.4 Å². The molecule has 2 saturated heterocycles. The Kier molecular flexibility index (Phi) is 5.76. The number of piperazine rings is 1.